The Balaban J connectivity index is 1.69. The van der Waals surface area contributed by atoms with Gasteiger partial charge in [-0.15, -0.1) is 0 Å². The Morgan fingerprint density at radius 1 is 1.33 bits per heavy atom. The molecular weight excluding hydrogens is 349 g/mol. The summed E-state index contributed by atoms with van der Waals surface area (Å²) in [6.45, 7) is 3.33. The van der Waals surface area contributed by atoms with Crippen LogP contribution in [0.4, 0.5) is 5.69 Å². The number of aryl methyl sites for hydroxylation is 1. The third kappa shape index (κ3) is 4.09. The number of piperidine rings is 1. The number of aromatic nitrogens is 1. The van der Waals surface area contributed by atoms with Gasteiger partial charge in [-0.1, -0.05) is 34.8 Å². The number of carbonyl (C=O) groups excluding carboxylic acids is 1. The van der Waals surface area contributed by atoms with Gasteiger partial charge in [-0.05, 0) is 44.5 Å². The number of rotatable bonds is 4. The highest BCUT2D eigenvalue weighted by atomic mass is 35.5. The van der Waals surface area contributed by atoms with Crippen LogP contribution in [0.25, 0.3) is 0 Å². The first-order chi connectivity index (χ1) is 11.5. The lowest BCUT2D eigenvalue weighted by molar-refractivity contribution is -0.122. The van der Waals surface area contributed by atoms with Crippen LogP contribution in [-0.2, 0) is 11.3 Å². The minimum atomic E-state index is -0.196. The molecule has 0 saturated carbocycles. The molecule has 5 nitrogen and oxygen atoms in total. The number of amides is 1. The van der Waals surface area contributed by atoms with Crippen molar-refractivity contribution in [1.29, 1.82) is 0 Å². The molecule has 1 aromatic heterocycles. The summed E-state index contributed by atoms with van der Waals surface area (Å²) in [5.41, 5.74) is 1.49. The molecule has 24 heavy (non-hydrogen) atoms. The van der Waals surface area contributed by atoms with Gasteiger partial charge in [0.15, 0.2) is 5.76 Å². The number of anilines is 1. The van der Waals surface area contributed by atoms with E-state index in [9.17, 15) is 4.79 Å². The Morgan fingerprint density at radius 2 is 2.17 bits per heavy atom. The van der Waals surface area contributed by atoms with Crippen molar-refractivity contribution >= 4 is 34.8 Å². The first kappa shape index (κ1) is 17.3. The van der Waals surface area contributed by atoms with Crippen molar-refractivity contribution in [3.05, 3.63) is 45.8 Å². The van der Waals surface area contributed by atoms with Gasteiger partial charge in [0.05, 0.1) is 28.3 Å². The lowest BCUT2D eigenvalue weighted by Crippen LogP contribution is -2.46. The van der Waals surface area contributed by atoms with Gasteiger partial charge in [0.25, 0.3) is 0 Å². The molecule has 1 unspecified atom stereocenters. The summed E-state index contributed by atoms with van der Waals surface area (Å²) in [5, 5.41) is 7.73. The van der Waals surface area contributed by atoms with Gasteiger partial charge in [0, 0.05) is 11.8 Å². The van der Waals surface area contributed by atoms with Gasteiger partial charge in [-0.2, -0.15) is 0 Å². The molecule has 1 aliphatic heterocycles. The van der Waals surface area contributed by atoms with E-state index in [0.717, 1.165) is 37.3 Å². The van der Waals surface area contributed by atoms with Crippen LogP contribution < -0.4 is 5.32 Å². The van der Waals surface area contributed by atoms with Gasteiger partial charge < -0.3 is 9.84 Å². The molecule has 2 aromatic rings. The molecule has 0 aliphatic carbocycles. The molecule has 0 radical (unpaired) electrons. The van der Waals surface area contributed by atoms with Crippen LogP contribution in [0, 0.1) is 6.92 Å². The third-order valence-corrected chi connectivity index (χ3v) is 4.88. The maximum atomic E-state index is 12.7. The maximum absolute atomic E-state index is 12.7. The van der Waals surface area contributed by atoms with Gasteiger partial charge in [0.2, 0.25) is 5.91 Å². The highest BCUT2D eigenvalue weighted by molar-refractivity contribution is 6.42. The predicted octanol–water partition coefficient (Wildman–Crippen LogP) is 4.28. The number of hydrogen-bond donors (Lipinski definition) is 1. The summed E-state index contributed by atoms with van der Waals surface area (Å²) in [6.07, 6.45) is 2.93. The van der Waals surface area contributed by atoms with Crippen LogP contribution in [0.2, 0.25) is 10.0 Å². The van der Waals surface area contributed by atoms with Crippen LogP contribution in [0.5, 0.6) is 0 Å². The smallest absolute Gasteiger partial charge is 0.241 e. The zero-order valence-corrected chi connectivity index (χ0v) is 14.9. The van der Waals surface area contributed by atoms with Gasteiger partial charge in [0.1, 0.15) is 0 Å². The fraction of sp³-hybridized carbons (Fsp3) is 0.412. The Bertz CT molecular complexity index is 732. The average molecular weight is 368 g/mol. The lowest BCUT2D eigenvalue weighted by Gasteiger charge is -2.33. The standard InChI is InChI=1S/C17H19Cl2N3O2/c1-11-8-13(24-21-11)10-22-7-3-2-4-16(22)17(23)20-12-5-6-14(18)15(19)9-12/h5-6,8-9,16H,2-4,7,10H2,1H3,(H,20,23). The van der Waals surface area contributed by atoms with Crippen molar-refractivity contribution in [2.75, 3.05) is 11.9 Å². The molecular formula is C17H19Cl2N3O2. The van der Waals surface area contributed by atoms with Crippen molar-refractivity contribution in [2.24, 2.45) is 0 Å². The van der Waals surface area contributed by atoms with Crippen molar-refractivity contribution in [2.45, 2.75) is 38.8 Å². The molecule has 2 heterocycles. The van der Waals surface area contributed by atoms with E-state index in [1.165, 1.54) is 0 Å². The van der Waals surface area contributed by atoms with E-state index in [0.29, 0.717) is 22.3 Å². The summed E-state index contributed by atoms with van der Waals surface area (Å²) in [5.74, 6) is 0.742. The van der Waals surface area contributed by atoms with Gasteiger partial charge in [-0.25, -0.2) is 0 Å². The third-order valence-electron chi connectivity index (χ3n) is 4.14. The van der Waals surface area contributed by atoms with E-state index in [-0.39, 0.29) is 11.9 Å². The number of benzene rings is 1. The van der Waals surface area contributed by atoms with E-state index < -0.39 is 0 Å². The number of halogens is 2. The Hall–Kier alpha value is -1.56. The van der Waals surface area contributed by atoms with E-state index in [4.69, 9.17) is 27.7 Å². The highest BCUT2D eigenvalue weighted by Crippen LogP contribution is 2.26. The molecule has 3 rings (SSSR count). The minimum Gasteiger partial charge on any atom is -0.360 e. The van der Waals surface area contributed by atoms with Crippen molar-refractivity contribution < 1.29 is 9.32 Å². The van der Waals surface area contributed by atoms with Crippen LogP contribution in [0.1, 0.15) is 30.7 Å². The number of carbonyl (C=O) groups is 1. The Labute approximate surface area is 150 Å². The van der Waals surface area contributed by atoms with Crippen molar-refractivity contribution in [3.63, 3.8) is 0 Å². The van der Waals surface area contributed by atoms with E-state index >= 15 is 0 Å². The first-order valence-electron chi connectivity index (χ1n) is 7.95. The lowest BCUT2D eigenvalue weighted by atomic mass is 10.0. The first-order valence-corrected chi connectivity index (χ1v) is 8.70. The quantitative estimate of drug-likeness (QED) is 0.875. The number of nitrogens with one attached hydrogen (secondary N) is 1. The normalized spacial score (nSPS) is 18.5. The van der Waals surface area contributed by atoms with E-state index in [1.54, 1.807) is 18.2 Å². The molecule has 1 N–H and O–H groups in total. The SMILES string of the molecule is Cc1cc(CN2CCCCC2C(=O)Nc2ccc(Cl)c(Cl)c2)on1. The molecule has 1 aromatic carbocycles. The zero-order chi connectivity index (χ0) is 17.1. The topological polar surface area (TPSA) is 58.4 Å². The second-order valence-corrected chi connectivity index (χ2v) is 6.85. The van der Waals surface area contributed by atoms with Crippen LogP contribution in [0.3, 0.4) is 0 Å². The fourth-order valence-corrected chi connectivity index (χ4v) is 3.27. The molecule has 7 heteroatoms. The molecule has 1 aliphatic rings. The second kappa shape index (κ2) is 7.55. The number of nitrogens with zero attached hydrogens (tertiary/aromatic N) is 2. The highest BCUT2D eigenvalue weighted by Gasteiger charge is 2.29. The number of likely N-dealkylation sites (tertiary alicyclic amines) is 1. The average Bonchev–Trinajstić information content (AvgIpc) is 2.96. The predicted molar refractivity (Wildman–Crippen MR) is 94.4 cm³/mol. The van der Waals surface area contributed by atoms with E-state index in [1.807, 2.05) is 13.0 Å². The fourth-order valence-electron chi connectivity index (χ4n) is 2.97. The summed E-state index contributed by atoms with van der Waals surface area (Å²) in [4.78, 5) is 14.8. The number of hydrogen-bond acceptors (Lipinski definition) is 4. The summed E-state index contributed by atoms with van der Waals surface area (Å²) >= 11 is 11.9. The molecule has 1 amide bonds. The largest absolute Gasteiger partial charge is 0.360 e. The monoisotopic (exact) mass is 367 g/mol. The zero-order valence-electron chi connectivity index (χ0n) is 13.4. The van der Waals surface area contributed by atoms with Gasteiger partial charge >= 0.3 is 0 Å². The Kier molecular flexibility index (Phi) is 5.43. The summed E-state index contributed by atoms with van der Waals surface area (Å²) in [7, 11) is 0. The van der Waals surface area contributed by atoms with Crippen LogP contribution >= 0.6 is 23.2 Å². The molecule has 0 spiro atoms. The molecule has 0 bridgehead atoms. The van der Waals surface area contributed by atoms with Crippen molar-refractivity contribution in [1.82, 2.24) is 10.1 Å². The van der Waals surface area contributed by atoms with E-state index in [2.05, 4.69) is 15.4 Å². The molecule has 1 fully saturated rings. The minimum absolute atomic E-state index is 0.0377. The van der Waals surface area contributed by atoms with Crippen molar-refractivity contribution in [3.8, 4) is 0 Å². The molecule has 1 atom stereocenters. The van der Waals surface area contributed by atoms with Crippen LogP contribution in [-0.4, -0.2) is 28.6 Å². The molecule has 1 saturated heterocycles. The molecule has 128 valence electrons. The van der Waals surface area contributed by atoms with Gasteiger partial charge in [-0.3, -0.25) is 9.69 Å². The summed E-state index contributed by atoms with van der Waals surface area (Å²) in [6, 6.07) is 6.80. The summed E-state index contributed by atoms with van der Waals surface area (Å²) < 4.78 is 5.29. The Morgan fingerprint density at radius 3 is 2.88 bits per heavy atom. The second-order valence-electron chi connectivity index (χ2n) is 6.03. The van der Waals surface area contributed by atoms with Crippen LogP contribution in [0.15, 0.2) is 28.8 Å². The maximum Gasteiger partial charge on any atom is 0.241 e.